The third-order valence-corrected chi connectivity index (χ3v) is 3.12. The molecule has 0 unspecified atom stereocenters. The lowest BCUT2D eigenvalue weighted by atomic mass is 10.0. The number of thiocarbonyl (C=S) groups is 1. The van der Waals surface area contributed by atoms with Crippen molar-refractivity contribution in [2.45, 2.75) is 12.8 Å². The van der Waals surface area contributed by atoms with Crippen LogP contribution in [0, 0.1) is 11.7 Å². The van der Waals surface area contributed by atoms with E-state index in [0.717, 1.165) is 26.1 Å². The second-order valence-electron chi connectivity index (χ2n) is 4.50. The van der Waals surface area contributed by atoms with Crippen LogP contribution in [0.5, 0.6) is 5.75 Å². The van der Waals surface area contributed by atoms with Crippen LogP contribution in [0.2, 0.25) is 0 Å². The number of hydrogen-bond donors (Lipinski definition) is 2. The number of benzene rings is 1. The smallest absolute Gasteiger partial charge is 0.168 e. The Morgan fingerprint density at radius 1 is 1.47 bits per heavy atom. The van der Waals surface area contributed by atoms with E-state index in [0.29, 0.717) is 18.2 Å². The molecule has 0 radical (unpaired) electrons. The van der Waals surface area contributed by atoms with Crippen LogP contribution in [-0.4, -0.2) is 24.9 Å². The Balaban J connectivity index is 1.91. The van der Waals surface area contributed by atoms with Gasteiger partial charge in [0.15, 0.2) is 16.7 Å². The number of hydrogen-bond acceptors (Lipinski definition) is 3. The van der Waals surface area contributed by atoms with E-state index in [9.17, 15) is 4.39 Å². The maximum Gasteiger partial charge on any atom is 0.168 e. The van der Waals surface area contributed by atoms with Crippen molar-refractivity contribution >= 4 is 23.0 Å². The van der Waals surface area contributed by atoms with Crippen LogP contribution in [0.3, 0.4) is 0 Å². The van der Waals surface area contributed by atoms with Gasteiger partial charge >= 0.3 is 0 Å². The van der Waals surface area contributed by atoms with Gasteiger partial charge in [0.25, 0.3) is 0 Å². The third kappa shape index (κ3) is 4.33. The molecule has 1 aliphatic heterocycles. The number of nitrogens with one attached hydrogen (secondary N) is 1. The minimum Gasteiger partial charge on any atom is -0.490 e. The zero-order chi connectivity index (χ0) is 13.7. The maximum atomic E-state index is 13.8. The molecule has 4 nitrogen and oxygen atoms in total. The molecule has 1 aromatic rings. The maximum absolute atomic E-state index is 13.8. The van der Waals surface area contributed by atoms with Gasteiger partial charge in [0.1, 0.15) is 0 Å². The highest BCUT2D eigenvalue weighted by Gasteiger charge is 2.15. The summed E-state index contributed by atoms with van der Waals surface area (Å²) >= 11 is 4.69. The van der Waals surface area contributed by atoms with E-state index in [1.165, 1.54) is 6.07 Å². The molecule has 1 fully saturated rings. The quantitative estimate of drug-likeness (QED) is 0.831. The van der Waals surface area contributed by atoms with Crippen molar-refractivity contribution in [3.05, 3.63) is 24.0 Å². The van der Waals surface area contributed by atoms with Gasteiger partial charge in [-0.25, -0.2) is 4.39 Å². The molecule has 0 bridgehead atoms. The molecule has 0 saturated carbocycles. The summed E-state index contributed by atoms with van der Waals surface area (Å²) < 4.78 is 24.6. The van der Waals surface area contributed by atoms with Crippen molar-refractivity contribution in [3.63, 3.8) is 0 Å². The van der Waals surface area contributed by atoms with Crippen molar-refractivity contribution < 1.29 is 13.9 Å². The topological polar surface area (TPSA) is 56.5 Å². The first-order valence-electron chi connectivity index (χ1n) is 6.21. The first-order valence-corrected chi connectivity index (χ1v) is 6.62. The number of rotatable bonds is 4. The van der Waals surface area contributed by atoms with Crippen molar-refractivity contribution in [2.24, 2.45) is 11.7 Å². The zero-order valence-electron chi connectivity index (χ0n) is 10.5. The highest BCUT2D eigenvalue weighted by Crippen LogP contribution is 2.23. The van der Waals surface area contributed by atoms with E-state index in [-0.39, 0.29) is 10.9 Å². The number of anilines is 1. The lowest BCUT2D eigenvalue weighted by Gasteiger charge is -2.22. The average Bonchev–Trinajstić information content (AvgIpc) is 2.38. The van der Waals surface area contributed by atoms with Gasteiger partial charge < -0.3 is 20.5 Å². The SMILES string of the molecule is NC(=S)Nc1ccc(OCC2CCOCC2)c(F)c1. The van der Waals surface area contributed by atoms with Crippen LogP contribution in [0.15, 0.2) is 18.2 Å². The normalized spacial score (nSPS) is 16.1. The number of nitrogens with two attached hydrogens (primary N) is 1. The Hall–Kier alpha value is -1.40. The largest absolute Gasteiger partial charge is 0.490 e. The first-order chi connectivity index (χ1) is 9.15. The molecule has 1 aliphatic rings. The van der Waals surface area contributed by atoms with Crippen LogP contribution in [0.4, 0.5) is 10.1 Å². The van der Waals surface area contributed by atoms with Crippen molar-refractivity contribution in [2.75, 3.05) is 25.1 Å². The number of ether oxygens (including phenoxy) is 2. The van der Waals surface area contributed by atoms with E-state index in [2.05, 4.69) is 5.32 Å². The fourth-order valence-corrected chi connectivity index (χ4v) is 2.08. The van der Waals surface area contributed by atoms with Crippen molar-refractivity contribution in [1.82, 2.24) is 0 Å². The molecule has 0 amide bonds. The van der Waals surface area contributed by atoms with Crippen LogP contribution < -0.4 is 15.8 Å². The van der Waals surface area contributed by atoms with E-state index in [1.54, 1.807) is 12.1 Å². The summed E-state index contributed by atoms with van der Waals surface area (Å²) in [6.45, 7) is 2.03. The second-order valence-corrected chi connectivity index (χ2v) is 4.94. The standard InChI is InChI=1S/C13H17FN2O2S/c14-11-7-10(16-13(15)19)1-2-12(11)18-8-9-3-5-17-6-4-9/h1-2,7,9H,3-6,8H2,(H3,15,16,19). The summed E-state index contributed by atoms with van der Waals surface area (Å²) in [5.41, 5.74) is 5.84. The van der Waals surface area contributed by atoms with E-state index < -0.39 is 5.82 Å². The van der Waals surface area contributed by atoms with Gasteiger partial charge in [-0.05, 0) is 43.1 Å². The molecular weight excluding hydrogens is 267 g/mol. The molecular formula is C13H17FN2O2S. The summed E-state index contributed by atoms with van der Waals surface area (Å²) in [6.07, 6.45) is 1.92. The predicted octanol–water partition coefficient (Wildman–Crippen LogP) is 2.29. The highest BCUT2D eigenvalue weighted by atomic mass is 32.1. The predicted molar refractivity (Wildman–Crippen MR) is 75.8 cm³/mol. The van der Waals surface area contributed by atoms with Crippen LogP contribution >= 0.6 is 12.2 Å². The van der Waals surface area contributed by atoms with Crippen molar-refractivity contribution in [3.8, 4) is 5.75 Å². The number of halogens is 1. The molecule has 1 aromatic carbocycles. The monoisotopic (exact) mass is 284 g/mol. The minimum atomic E-state index is -0.423. The fraction of sp³-hybridized carbons (Fsp3) is 0.462. The molecule has 1 saturated heterocycles. The Kier molecular flexibility index (Phi) is 4.93. The average molecular weight is 284 g/mol. The molecule has 0 aromatic heterocycles. The molecule has 2 rings (SSSR count). The molecule has 19 heavy (non-hydrogen) atoms. The lowest BCUT2D eigenvalue weighted by Crippen LogP contribution is -2.21. The molecule has 6 heteroatoms. The summed E-state index contributed by atoms with van der Waals surface area (Å²) in [5, 5.41) is 2.78. The van der Waals surface area contributed by atoms with Crippen molar-refractivity contribution in [1.29, 1.82) is 0 Å². The molecule has 3 N–H and O–H groups in total. The van der Waals surface area contributed by atoms with Crippen LogP contribution in [0.25, 0.3) is 0 Å². The van der Waals surface area contributed by atoms with Gasteiger partial charge in [-0.3, -0.25) is 0 Å². The van der Waals surface area contributed by atoms with Gasteiger partial charge in [0.05, 0.1) is 6.61 Å². The molecule has 1 heterocycles. The van der Waals surface area contributed by atoms with E-state index in [4.69, 9.17) is 27.4 Å². The van der Waals surface area contributed by atoms with Crippen LogP contribution in [-0.2, 0) is 4.74 Å². The van der Waals surface area contributed by atoms with Gasteiger partial charge in [-0.1, -0.05) is 0 Å². The fourth-order valence-electron chi connectivity index (χ4n) is 1.96. The lowest BCUT2D eigenvalue weighted by molar-refractivity contribution is 0.0492. The van der Waals surface area contributed by atoms with Gasteiger partial charge in [0, 0.05) is 25.0 Å². The van der Waals surface area contributed by atoms with Gasteiger partial charge in [0.2, 0.25) is 0 Å². The highest BCUT2D eigenvalue weighted by molar-refractivity contribution is 7.80. The molecule has 0 aliphatic carbocycles. The summed E-state index contributed by atoms with van der Waals surface area (Å²) in [7, 11) is 0. The molecule has 0 spiro atoms. The van der Waals surface area contributed by atoms with Gasteiger partial charge in [-0.15, -0.1) is 0 Å². The Morgan fingerprint density at radius 2 is 2.21 bits per heavy atom. The Morgan fingerprint density at radius 3 is 2.84 bits per heavy atom. The molecule has 0 atom stereocenters. The summed E-state index contributed by atoms with van der Waals surface area (Å²) in [5.74, 6) is 0.260. The Bertz CT molecular complexity index is 450. The summed E-state index contributed by atoms with van der Waals surface area (Å²) in [6, 6.07) is 4.58. The zero-order valence-corrected chi connectivity index (χ0v) is 11.3. The van der Waals surface area contributed by atoms with E-state index in [1.807, 2.05) is 0 Å². The van der Waals surface area contributed by atoms with E-state index >= 15 is 0 Å². The van der Waals surface area contributed by atoms with Gasteiger partial charge in [-0.2, -0.15) is 0 Å². The first kappa shape index (κ1) is 14.0. The summed E-state index contributed by atoms with van der Waals surface area (Å²) in [4.78, 5) is 0. The second kappa shape index (κ2) is 6.68. The Labute approximate surface area is 117 Å². The molecule has 104 valence electrons. The van der Waals surface area contributed by atoms with Crippen LogP contribution in [0.1, 0.15) is 12.8 Å². The third-order valence-electron chi connectivity index (χ3n) is 3.01. The minimum absolute atomic E-state index is 0.107.